The van der Waals surface area contributed by atoms with Crippen LogP contribution in [0.1, 0.15) is 27.4 Å². The SMILES string of the molecule is Cc1cccc(OCc2nc3c(s2)CCCN3)c1C. The Labute approximate surface area is 117 Å². The highest BCUT2D eigenvalue weighted by Gasteiger charge is 2.15. The lowest BCUT2D eigenvalue weighted by Gasteiger charge is -2.10. The summed E-state index contributed by atoms with van der Waals surface area (Å²) in [6, 6.07) is 6.16. The van der Waals surface area contributed by atoms with Gasteiger partial charge in [0, 0.05) is 11.4 Å². The molecule has 1 aromatic carbocycles. The van der Waals surface area contributed by atoms with Gasteiger partial charge in [-0.15, -0.1) is 11.3 Å². The van der Waals surface area contributed by atoms with Crippen LogP contribution in [0.3, 0.4) is 0 Å². The lowest BCUT2D eigenvalue weighted by atomic mass is 10.1. The Morgan fingerprint density at radius 3 is 3.11 bits per heavy atom. The molecule has 0 aliphatic carbocycles. The van der Waals surface area contributed by atoms with Crippen molar-refractivity contribution in [3.8, 4) is 5.75 Å². The average Bonchev–Trinajstić information content (AvgIpc) is 2.83. The molecule has 19 heavy (non-hydrogen) atoms. The summed E-state index contributed by atoms with van der Waals surface area (Å²) in [6.07, 6.45) is 2.34. The summed E-state index contributed by atoms with van der Waals surface area (Å²) in [4.78, 5) is 5.97. The van der Waals surface area contributed by atoms with Crippen molar-refractivity contribution < 1.29 is 4.74 Å². The number of anilines is 1. The number of fused-ring (bicyclic) bond motifs is 1. The first-order chi connectivity index (χ1) is 9.24. The van der Waals surface area contributed by atoms with Crippen LogP contribution in [0.25, 0.3) is 0 Å². The Morgan fingerprint density at radius 2 is 2.26 bits per heavy atom. The molecule has 0 radical (unpaired) electrons. The molecule has 0 fully saturated rings. The largest absolute Gasteiger partial charge is 0.486 e. The molecule has 4 heteroatoms. The zero-order chi connectivity index (χ0) is 13.2. The van der Waals surface area contributed by atoms with E-state index in [4.69, 9.17) is 4.74 Å². The van der Waals surface area contributed by atoms with Crippen LogP contribution >= 0.6 is 11.3 Å². The van der Waals surface area contributed by atoms with Crippen LogP contribution in [-0.4, -0.2) is 11.5 Å². The first-order valence-electron chi connectivity index (χ1n) is 6.65. The van der Waals surface area contributed by atoms with E-state index in [1.54, 1.807) is 11.3 Å². The smallest absolute Gasteiger partial charge is 0.140 e. The van der Waals surface area contributed by atoms with Crippen molar-refractivity contribution in [3.05, 3.63) is 39.2 Å². The first kappa shape index (κ1) is 12.5. The number of nitrogens with zero attached hydrogens (tertiary/aromatic N) is 1. The quantitative estimate of drug-likeness (QED) is 0.926. The molecule has 100 valence electrons. The van der Waals surface area contributed by atoms with E-state index in [2.05, 4.69) is 30.2 Å². The predicted octanol–water partition coefficient (Wildman–Crippen LogP) is 3.70. The number of hydrogen-bond donors (Lipinski definition) is 1. The molecule has 2 aromatic rings. The van der Waals surface area contributed by atoms with Crippen molar-refractivity contribution in [2.75, 3.05) is 11.9 Å². The van der Waals surface area contributed by atoms with Gasteiger partial charge in [-0.25, -0.2) is 4.98 Å². The van der Waals surface area contributed by atoms with Crippen molar-refractivity contribution in [2.45, 2.75) is 33.3 Å². The van der Waals surface area contributed by atoms with Gasteiger partial charge in [0.25, 0.3) is 0 Å². The molecule has 0 amide bonds. The molecule has 1 N–H and O–H groups in total. The highest BCUT2D eigenvalue weighted by molar-refractivity contribution is 7.12. The van der Waals surface area contributed by atoms with E-state index in [-0.39, 0.29) is 0 Å². The van der Waals surface area contributed by atoms with Crippen LogP contribution in [0, 0.1) is 13.8 Å². The van der Waals surface area contributed by atoms with E-state index >= 15 is 0 Å². The Bertz CT molecular complexity index is 568. The predicted molar refractivity (Wildman–Crippen MR) is 79.2 cm³/mol. The molecule has 0 bridgehead atoms. The number of benzene rings is 1. The van der Waals surface area contributed by atoms with Crippen molar-refractivity contribution in [1.29, 1.82) is 0 Å². The first-order valence-corrected chi connectivity index (χ1v) is 7.47. The zero-order valence-corrected chi connectivity index (χ0v) is 12.1. The van der Waals surface area contributed by atoms with Gasteiger partial charge in [-0.1, -0.05) is 12.1 Å². The summed E-state index contributed by atoms with van der Waals surface area (Å²) in [5.74, 6) is 2.02. The standard InChI is InChI=1S/C15H18N2OS/c1-10-5-3-6-12(11(10)2)18-9-14-17-15-13(19-14)7-4-8-16-15/h3,5-6,16H,4,7-9H2,1-2H3. The topological polar surface area (TPSA) is 34.1 Å². The lowest BCUT2D eigenvalue weighted by Crippen LogP contribution is -2.10. The second-order valence-corrected chi connectivity index (χ2v) is 6.06. The second-order valence-electron chi connectivity index (χ2n) is 4.90. The molecule has 0 spiro atoms. The molecule has 1 aliphatic heterocycles. The van der Waals surface area contributed by atoms with Crippen molar-refractivity contribution in [2.24, 2.45) is 0 Å². The Kier molecular flexibility index (Phi) is 3.42. The highest BCUT2D eigenvalue weighted by Crippen LogP contribution is 2.29. The summed E-state index contributed by atoms with van der Waals surface area (Å²) in [5.41, 5.74) is 2.47. The molecule has 2 heterocycles. The number of nitrogens with one attached hydrogen (secondary N) is 1. The molecule has 3 rings (SSSR count). The van der Waals surface area contributed by atoms with Gasteiger partial charge >= 0.3 is 0 Å². The van der Waals surface area contributed by atoms with E-state index in [1.807, 2.05) is 12.1 Å². The number of ether oxygens (including phenoxy) is 1. The number of rotatable bonds is 3. The number of aryl methyl sites for hydroxylation is 2. The monoisotopic (exact) mass is 274 g/mol. The summed E-state index contributed by atoms with van der Waals surface area (Å²) in [7, 11) is 0. The maximum absolute atomic E-state index is 5.90. The fourth-order valence-electron chi connectivity index (χ4n) is 2.25. The Morgan fingerprint density at radius 1 is 1.37 bits per heavy atom. The number of thiazole rings is 1. The fraction of sp³-hybridized carbons (Fsp3) is 0.400. The highest BCUT2D eigenvalue weighted by atomic mass is 32.1. The Hall–Kier alpha value is -1.55. The molecule has 3 nitrogen and oxygen atoms in total. The van der Waals surface area contributed by atoms with Gasteiger partial charge in [-0.05, 0) is 43.9 Å². The summed E-state index contributed by atoms with van der Waals surface area (Å²) in [5, 5.41) is 4.40. The van der Waals surface area contributed by atoms with Gasteiger partial charge in [0.1, 0.15) is 23.2 Å². The minimum atomic E-state index is 0.559. The number of hydrogen-bond acceptors (Lipinski definition) is 4. The summed E-state index contributed by atoms with van der Waals surface area (Å²) in [6.45, 7) is 5.80. The lowest BCUT2D eigenvalue weighted by molar-refractivity contribution is 0.303. The minimum Gasteiger partial charge on any atom is -0.486 e. The van der Waals surface area contributed by atoms with Crippen molar-refractivity contribution in [3.63, 3.8) is 0 Å². The second kappa shape index (κ2) is 5.21. The summed E-state index contributed by atoms with van der Waals surface area (Å²) < 4.78 is 5.90. The van der Waals surface area contributed by atoms with Gasteiger partial charge in [0.15, 0.2) is 0 Å². The van der Waals surface area contributed by atoms with Gasteiger partial charge in [-0.3, -0.25) is 0 Å². The van der Waals surface area contributed by atoms with Gasteiger partial charge in [0.2, 0.25) is 0 Å². The van der Waals surface area contributed by atoms with Crippen molar-refractivity contribution in [1.82, 2.24) is 4.98 Å². The van der Waals surface area contributed by atoms with Crippen LogP contribution in [0.5, 0.6) is 5.75 Å². The molecule has 0 unspecified atom stereocenters. The van der Waals surface area contributed by atoms with Gasteiger partial charge in [0.05, 0.1) is 0 Å². The van der Waals surface area contributed by atoms with E-state index in [9.17, 15) is 0 Å². The molecular weight excluding hydrogens is 256 g/mol. The zero-order valence-electron chi connectivity index (χ0n) is 11.3. The van der Waals surface area contributed by atoms with Gasteiger partial charge < -0.3 is 10.1 Å². The van der Waals surface area contributed by atoms with E-state index < -0.39 is 0 Å². The molecule has 1 aromatic heterocycles. The number of aromatic nitrogens is 1. The minimum absolute atomic E-state index is 0.559. The van der Waals surface area contributed by atoms with E-state index in [0.717, 1.165) is 29.5 Å². The van der Waals surface area contributed by atoms with Gasteiger partial charge in [-0.2, -0.15) is 0 Å². The third-order valence-electron chi connectivity index (χ3n) is 3.52. The van der Waals surface area contributed by atoms with Crippen LogP contribution in [0.4, 0.5) is 5.82 Å². The maximum atomic E-state index is 5.90. The molecule has 0 saturated heterocycles. The third kappa shape index (κ3) is 2.59. The maximum Gasteiger partial charge on any atom is 0.140 e. The normalized spacial score (nSPS) is 13.8. The van der Waals surface area contributed by atoms with Crippen LogP contribution in [0.15, 0.2) is 18.2 Å². The van der Waals surface area contributed by atoms with Crippen molar-refractivity contribution >= 4 is 17.2 Å². The van der Waals surface area contributed by atoms with Crippen LogP contribution in [0.2, 0.25) is 0 Å². The van der Waals surface area contributed by atoms with E-state index in [1.165, 1.54) is 22.4 Å². The third-order valence-corrected chi connectivity index (χ3v) is 4.61. The van der Waals surface area contributed by atoms with Crippen LogP contribution < -0.4 is 10.1 Å². The summed E-state index contributed by atoms with van der Waals surface area (Å²) >= 11 is 1.77. The van der Waals surface area contributed by atoms with E-state index in [0.29, 0.717) is 6.61 Å². The fourth-order valence-corrected chi connectivity index (χ4v) is 3.25. The molecule has 0 saturated carbocycles. The van der Waals surface area contributed by atoms with Crippen LogP contribution in [-0.2, 0) is 13.0 Å². The molecular formula is C15H18N2OS. The average molecular weight is 274 g/mol. The molecule has 0 atom stereocenters. The molecule has 1 aliphatic rings. The Balaban J connectivity index is 1.72.